The first-order valence-corrected chi connectivity index (χ1v) is 8.76. The van der Waals surface area contributed by atoms with E-state index in [1.54, 1.807) is 7.11 Å². The molecule has 2 N–H and O–H groups in total. The van der Waals surface area contributed by atoms with Crippen LogP contribution in [-0.4, -0.2) is 60.9 Å². The molecule has 1 aromatic carbocycles. The van der Waals surface area contributed by atoms with Crippen LogP contribution in [0.25, 0.3) is 0 Å². The van der Waals surface area contributed by atoms with Gasteiger partial charge in [-0.1, -0.05) is 29.3 Å². The van der Waals surface area contributed by atoms with Crippen molar-refractivity contribution in [2.75, 3.05) is 33.9 Å². The zero-order valence-corrected chi connectivity index (χ0v) is 16.2. The Morgan fingerprint density at radius 2 is 1.85 bits per heavy atom. The molecule has 1 aliphatic heterocycles. The first-order chi connectivity index (χ1) is 12.2. The third kappa shape index (κ3) is 7.74. The monoisotopic (exact) mass is 403 g/mol. The van der Waals surface area contributed by atoms with E-state index >= 15 is 0 Å². The van der Waals surface area contributed by atoms with Gasteiger partial charge in [0.25, 0.3) is 0 Å². The van der Waals surface area contributed by atoms with Crippen molar-refractivity contribution in [2.45, 2.75) is 12.3 Å². The van der Waals surface area contributed by atoms with Crippen molar-refractivity contribution in [1.82, 2.24) is 4.90 Å². The fourth-order valence-corrected chi connectivity index (χ4v) is 3.23. The quantitative estimate of drug-likeness (QED) is 0.732. The molecule has 8 heteroatoms. The molecule has 0 spiro atoms. The van der Waals surface area contributed by atoms with Crippen LogP contribution in [0.3, 0.4) is 0 Å². The average Bonchev–Trinajstić information content (AvgIpc) is 2.57. The number of nitrogens with zero attached hydrogens (tertiary/aromatic N) is 1. The van der Waals surface area contributed by atoms with Gasteiger partial charge in [0.2, 0.25) is 0 Å². The fourth-order valence-electron chi connectivity index (χ4n) is 2.92. The van der Waals surface area contributed by atoms with Crippen LogP contribution in [0.15, 0.2) is 30.4 Å². The smallest absolute Gasteiger partial charge is 0.328 e. The number of likely N-dealkylation sites (tertiary alicyclic amines) is 1. The second-order valence-electron chi connectivity index (χ2n) is 6.06. The molecule has 1 aliphatic rings. The second kappa shape index (κ2) is 11.2. The van der Waals surface area contributed by atoms with E-state index in [9.17, 15) is 9.59 Å². The molecule has 2 unspecified atom stereocenters. The molecule has 0 saturated carbocycles. The molecule has 1 aromatic rings. The number of hydrogen-bond donors (Lipinski definition) is 2. The number of piperidine rings is 1. The van der Waals surface area contributed by atoms with Gasteiger partial charge in [0, 0.05) is 31.7 Å². The molecule has 0 bridgehead atoms. The number of methoxy groups -OCH3 is 1. The Balaban J connectivity index is 0.000000359. The maximum absolute atomic E-state index is 9.55. The van der Waals surface area contributed by atoms with Crippen LogP contribution in [0.2, 0.25) is 10.0 Å². The Kier molecular flexibility index (Phi) is 9.65. The SMILES string of the molecule is COCC1CN(C)CCC1c1ccc(Cl)c(Cl)c1.O=C(O)C=CC(=O)O. The number of aliphatic carboxylic acids is 2. The average molecular weight is 404 g/mol. The van der Waals surface area contributed by atoms with Gasteiger partial charge in [-0.3, -0.25) is 0 Å². The van der Waals surface area contributed by atoms with Gasteiger partial charge in [-0.15, -0.1) is 0 Å². The summed E-state index contributed by atoms with van der Waals surface area (Å²) in [5.41, 5.74) is 1.28. The summed E-state index contributed by atoms with van der Waals surface area (Å²) in [6, 6.07) is 5.98. The highest BCUT2D eigenvalue weighted by Crippen LogP contribution is 2.35. The van der Waals surface area contributed by atoms with E-state index in [1.807, 2.05) is 12.1 Å². The van der Waals surface area contributed by atoms with Gasteiger partial charge in [-0.2, -0.15) is 0 Å². The Labute approximate surface area is 163 Å². The van der Waals surface area contributed by atoms with Crippen LogP contribution in [0.4, 0.5) is 0 Å². The molecule has 26 heavy (non-hydrogen) atoms. The molecule has 1 saturated heterocycles. The first-order valence-electron chi connectivity index (χ1n) is 8.01. The molecule has 1 heterocycles. The number of halogens is 2. The standard InChI is InChI=1S/C14H19Cl2NO.C4H4O4/c1-17-6-5-12(11(8-17)9-18-2)10-3-4-13(15)14(16)7-10;5-3(6)1-2-4(7)8/h3-4,7,11-12H,5-6,8-9H2,1-2H3;1-2H,(H,5,6)(H,7,8). The highest BCUT2D eigenvalue weighted by Gasteiger charge is 2.29. The summed E-state index contributed by atoms with van der Waals surface area (Å²) < 4.78 is 5.35. The Morgan fingerprint density at radius 3 is 2.35 bits per heavy atom. The number of rotatable bonds is 5. The lowest BCUT2D eigenvalue weighted by Crippen LogP contribution is -2.39. The second-order valence-corrected chi connectivity index (χ2v) is 6.87. The predicted molar refractivity (Wildman–Crippen MR) is 101 cm³/mol. The molecule has 0 aliphatic carbocycles. The Hall–Kier alpha value is -1.60. The van der Waals surface area contributed by atoms with Crippen molar-refractivity contribution in [1.29, 1.82) is 0 Å². The summed E-state index contributed by atoms with van der Waals surface area (Å²) in [4.78, 5) is 21.5. The van der Waals surface area contributed by atoms with Crippen molar-refractivity contribution in [3.63, 3.8) is 0 Å². The summed E-state index contributed by atoms with van der Waals surface area (Å²) >= 11 is 12.1. The Morgan fingerprint density at radius 1 is 1.23 bits per heavy atom. The third-order valence-electron chi connectivity index (χ3n) is 4.06. The molecule has 0 radical (unpaired) electrons. The summed E-state index contributed by atoms with van der Waals surface area (Å²) in [7, 11) is 3.92. The van der Waals surface area contributed by atoms with E-state index in [0.717, 1.165) is 26.1 Å². The zero-order valence-electron chi connectivity index (χ0n) is 14.7. The number of benzene rings is 1. The topological polar surface area (TPSA) is 87.1 Å². The summed E-state index contributed by atoms with van der Waals surface area (Å²) in [5, 5.41) is 16.9. The molecule has 0 amide bonds. The van der Waals surface area contributed by atoms with Crippen LogP contribution in [-0.2, 0) is 14.3 Å². The molecule has 0 aromatic heterocycles. The lowest BCUT2D eigenvalue weighted by Gasteiger charge is -2.36. The van der Waals surface area contributed by atoms with E-state index in [4.69, 9.17) is 38.2 Å². The summed E-state index contributed by atoms with van der Waals surface area (Å²) in [6.45, 7) is 2.97. The molecular formula is C18H23Cl2NO5. The lowest BCUT2D eigenvalue weighted by atomic mass is 9.81. The van der Waals surface area contributed by atoms with Gasteiger partial charge in [0.05, 0.1) is 16.7 Å². The van der Waals surface area contributed by atoms with Crippen LogP contribution >= 0.6 is 23.2 Å². The predicted octanol–water partition coefficient (Wildman–Crippen LogP) is 3.39. The van der Waals surface area contributed by atoms with E-state index in [1.165, 1.54) is 5.56 Å². The number of hydrogen-bond acceptors (Lipinski definition) is 4. The minimum absolute atomic E-state index is 0.510. The van der Waals surface area contributed by atoms with Crippen molar-refractivity contribution < 1.29 is 24.5 Å². The zero-order chi connectivity index (χ0) is 19.7. The minimum Gasteiger partial charge on any atom is -0.478 e. The molecule has 1 fully saturated rings. The van der Waals surface area contributed by atoms with Crippen molar-refractivity contribution in [3.8, 4) is 0 Å². The van der Waals surface area contributed by atoms with E-state index in [2.05, 4.69) is 18.0 Å². The first kappa shape index (κ1) is 22.4. The molecular weight excluding hydrogens is 381 g/mol. The molecule has 2 rings (SSSR count). The maximum Gasteiger partial charge on any atom is 0.328 e. The fraction of sp³-hybridized carbons (Fsp3) is 0.444. The van der Waals surface area contributed by atoms with Crippen LogP contribution in [0.1, 0.15) is 17.9 Å². The number of carboxylic acid groups (broad SMARTS) is 2. The number of carboxylic acids is 2. The van der Waals surface area contributed by atoms with Gasteiger partial charge < -0.3 is 19.8 Å². The molecule has 144 valence electrons. The van der Waals surface area contributed by atoms with E-state index in [0.29, 0.717) is 34.0 Å². The van der Waals surface area contributed by atoms with Gasteiger partial charge in [-0.05, 0) is 43.6 Å². The molecule has 6 nitrogen and oxygen atoms in total. The van der Waals surface area contributed by atoms with Gasteiger partial charge in [0.1, 0.15) is 0 Å². The largest absolute Gasteiger partial charge is 0.478 e. The normalized spacial score (nSPS) is 20.5. The Bertz CT molecular complexity index is 634. The summed E-state index contributed by atoms with van der Waals surface area (Å²) in [6.07, 6.45) is 2.26. The van der Waals surface area contributed by atoms with Gasteiger partial charge in [-0.25, -0.2) is 9.59 Å². The van der Waals surface area contributed by atoms with Crippen molar-refractivity contribution in [2.24, 2.45) is 5.92 Å². The lowest BCUT2D eigenvalue weighted by molar-refractivity contribution is -0.134. The minimum atomic E-state index is -1.26. The molecule has 2 atom stereocenters. The van der Waals surface area contributed by atoms with Gasteiger partial charge in [0.15, 0.2) is 0 Å². The van der Waals surface area contributed by atoms with Crippen LogP contribution in [0, 0.1) is 5.92 Å². The number of ether oxygens (including phenoxy) is 1. The van der Waals surface area contributed by atoms with Crippen molar-refractivity contribution >= 4 is 35.1 Å². The maximum atomic E-state index is 9.55. The van der Waals surface area contributed by atoms with Crippen molar-refractivity contribution in [3.05, 3.63) is 46.0 Å². The summed E-state index contributed by atoms with van der Waals surface area (Å²) in [5.74, 6) is -1.48. The van der Waals surface area contributed by atoms with Crippen LogP contribution in [0.5, 0.6) is 0 Å². The highest BCUT2D eigenvalue weighted by atomic mass is 35.5. The van der Waals surface area contributed by atoms with E-state index in [-0.39, 0.29) is 0 Å². The van der Waals surface area contributed by atoms with Crippen LogP contribution < -0.4 is 0 Å². The highest BCUT2D eigenvalue weighted by molar-refractivity contribution is 6.42. The van der Waals surface area contributed by atoms with E-state index < -0.39 is 11.9 Å². The van der Waals surface area contributed by atoms with Gasteiger partial charge >= 0.3 is 11.9 Å². The number of carbonyl (C=O) groups is 2. The third-order valence-corrected chi connectivity index (χ3v) is 4.80.